The van der Waals surface area contributed by atoms with Crippen molar-refractivity contribution in [1.82, 2.24) is 10.3 Å². The molecule has 1 heterocycles. The van der Waals surface area contributed by atoms with Crippen molar-refractivity contribution in [1.29, 1.82) is 0 Å². The second-order valence-electron chi connectivity index (χ2n) is 4.65. The monoisotopic (exact) mass is 312 g/mol. The Morgan fingerprint density at radius 2 is 2.19 bits per heavy atom. The molecule has 3 nitrogen and oxygen atoms in total. The Morgan fingerprint density at radius 3 is 2.81 bits per heavy atom. The number of ether oxygens (including phenoxy) is 1. The van der Waals surface area contributed by atoms with Gasteiger partial charge in [-0.15, -0.1) is 11.3 Å². The van der Waals surface area contributed by atoms with E-state index in [2.05, 4.69) is 15.0 Å². The van der Waals surface area contributed by atoms with Crippen LogP contribution in [0.3, 0.4) is 0 Å². The van der Waals surface area contributed by atoms with E-state index in [1.165, 1.54) is 6.07 Å². The normalized spacial score (nSPS) is 12.6. The van der Waals surface area contributed by atoms with Gasteiger partial charge in [0, 0.05) is 23.5 Å². The average Bonchev–Trinajstić information content (AvgIpc) is 2.83. The van der Waals surface area contributed by atoms with Gasteiger partial charge in [0.2, 0.25) is 0 Å². The molecule has 1 N–H and O–H groups in total. The summed E-state index contributed by atoms with van der Waals surface area (Å²) in [5.74, 6) is 0.181. The molecule has 1 aromatic heterocycles. The van der Waals surface area contributed by atoms with Gasteiger partial charge in [0.15, 0.2) is 0 Å². The lowest BCUT2D eigenvalue weighted by Crippen LogP contribution is -2.23. The SMILES string of the molecule is CCNC(Cc1nc(C)cs1)c1cccc(OC(F)F)c1. The number of aryl methyl sites for hydroxylation is 1. The van der Waals surface area contributed by atoms with Crippen LogP contribution in [0.4, 0.5) is 8.78 Å². The molecular formula is C15H18F2N2OS. The minimum Gasteiger partial charge on any atom is -0.435 e. The summed E-state index contributed by atoms with van der Waals surface area (Å²) < 4.78 is 29.1. The fourth-order valence-electron chi connectivity index (χ4n) is 2.13. The minimum absolute atomic E-state index is 0.0294. The van der Waals surface area contributed by atoms with Crippen molar-refractivity contribution in [3.63, 3.8) is 0 Å². The molecular weight excluding hydrogens is 294 g/mol. The van der Waals surface area contributed by atoms with Crippen molar-refractivity contribution in [3.05, 3.63) is 45.9 Å². The number of halogens is 2. The van der Waals surface area contributed by atoms with Crippen molar-refractivity contribution < 1.29 is 13.5 Å². The summed E-state index contributed by atoms with van der Waals surface area (Å²) in [6.45, 7) is 1.95. The summed E-state index contributed by atoms with van der Waals surface area (Å²) in [6, 6.07) is 6.85. The van der Waals surface area contributed by atoms with Gasteiger partial charge in [0.05, 0.1) is 5.01 Å². The largest absolute Gasteiger partial charge is 0.435 e. The quantitative estimate of drug-likeness (QED) is 0.840. The first-order valence-electron chi connectivity index (χ1n) is 6.77. The Balaban J connectivity index is 2.17. The van der Waals surface area contributed by atoms with Crippen molar-refractivity contribution in [3.8, 4) is 5.75 Å². The maximum atomic E-state index is 12.3. The molecule has 1 unspecified atom stereocenters. The Bertz CT molecular complexity index is 574. The lowest BCUT2D eigenvalue weighted by Gasteiger charge is -2.18. The van der Waals surface area contributed by atoms with Crippen LogP contribution in [0.2, 0.25) is 0 Å². The Morgan fingerprint density at radius 1 is 1.38 bits per heavy atom. The third-order valence-corrected chi connectivity index (χ3v) is 3.97. The molecule has 1 aromatic carbocycles. The molecule has 0 aliphatic carbocycles. The summed E-state index contributed by atoms with van der Waals surface area (Å²) in [5.41, 5.74) is 1.92. The molecule has 0 bridgehead atoms. The predicted octanol–water partition coefficient (Wildman–Crippen LogP) is 3.95. The Hall–Kier alpha value is -1.53. The zero-order valence-corrected chi connectivity index (χ0v) is 12.8. The van der Waals surface area contributed by atoms with Crippen molar-refractivity contribution in [2.45, 2.75) is 32.9 Å². The number of thiazole rings is 1. The van der Waals surface area contributed by atoms with Crippen LogP contribution < -0.4 is 10.1 Å². The highest BCUT2D eigenvalue weighted by molar-refractivity contribution is 7.09. The number of nitrogens with zero attached hydrogens (tertiary/aromatic N) is 1. The van der Waals surface area contributed by atoms with Crippen LogP contribution in [-0.4, -0.2) is 18.1 Å². The highest BCUT2D eigenvalue weighted by Crippen LogP contribution is 2.24. The van der Waals surface area contributed by atoms with Crippen LogP contribution in [0.1, 0.15) is 29.2 Å². The molecule has 2 aromatic rings. The predicted molar refractivity (Wildman–Crippen MR) is 80.0 cm³/mol. The number of alkyl halides is 2. The molecule has 0 aliphatic rings. The van der Waals surface area contributed by atoms with Gasteiger partial charge in [-0.2, -0.15) is 8.78 Å². The topological polar surface area (TPSA) is 34.2 Å². The van der Waals surface area contributed by atoms with Gasteiger partial charge in [-0.05, 0) is 31.2 Å². The maximum absolute atomic E-state index is 12.3. The summed E-state index contributed by atoms with van der Waals surface area (Å²) >= 11 is 1.61. The van der Waals surface area contributed by atoms with Crippen molar-refractivity contribution in [2.24, 2.45) is 0 Å². The Kier molecular flexibility index (Phi) is 5.64. The molecule has 0 saturated carbocycles. The lowest BCUT2D eigenvalue weighted by molar-refractivity contribution is -0.0499. The first-order chi connectivity index (χ1) is 10.1. The average molecular weight is 312 g/mol. The highest BCUT2D eigenvalue weighted by atomic mass is 32.1. The van der Waals surface area contributed by atoms with Gasteiger partial charge in [0.1, 0.15) is 5.75 Å². The summed E-state index contributed by atoms with van der Waals surface area (Å²) in [7, 11) is 0. The van der Waals surface area contributed by atoms with Crippen LogP contribution in [0.25, 0.3) is 0 Å². The van der Waals surface area contributed by atoms with Crippen LogP contribution in [-0.2, 0) is 6.42 Å². The molecule has 2 rings (SSSR count). The van der Waals surface area contributed by atoms with Gasteiger partial charge < -0.3 is 10.1 Å². The first-order valence-corrected chi connectivity index (χ1v) is 7.65. The van der Waals surface area contributed by atoms with Gasteiger partial charge in [0.25, 0.3) is 0 Å². The lowest BCUT2D eigenvalue weighted by atomic mass is 10.0. The molecule has 6 heteroatoms. The van der Waals surface area contributed by atoms with E-state index in [-0.39, 0.29) is 11.8 Å². The van der Waals surface area contributed by atoms with Gasteiger partial charge in [-0.25, -0.2) is 4.98 Å². The summed E-state index contributed by atoms with van der Waals surface area (Å²) in [6.07, 6.45) is 0.727. The summed E-state index contributed by atoms with van der Waals surface area (Å²) in [4.78, 5) is 4.46. The van der Waals surface area contributed by atoms with E-state index in [0.29, 0.717) is 0 Å². The second-order valence-corrected chi connectivity index (χ2v) is 5.59. The molecule has 0 saturated heterocycles. The molecule has 0 amide bonds. The number of benzene rings is 1. The fraction of sp³-hybridized carbons (Fsp3) is 0.400. The second kappa shape index (κ2) is 7.47. The van der Waals surface area contributed by atoms with Crippen LogP contribution in [0.15, 0.2) is 29.6 Å². The molecule has 0 fully saturated rings. The van der Waals surface area contributed by atoms with E-state index < -0.39 is 6.61 Å². The number of hydrogen-bond donors (Lipinski definition) is 1. The zero-order chi connectivity index (χ0) is 15.2. The van der Waals surface area contributed by atoms with Crippen LogP contribution >= 0.6 is 11.3 Å². The van der Waals surface area contributed by atoms with E-state index in [0.717, 1.165) is 29.2 Å². The fourth-order valence-corrected chi connectivity index (χ4v) is 2.95. The van der Waals surface area contributed by atoms with Crippen LogP contribution in [0.5, 0.6) is 5.75 Å². The third-order valence-electron chi connectivity index (χ3n) is 2.98. The van der Waals surface area contributed by atoms with Crippen molar-refractivity contribution >= 4 is 11.3 Å². The molecule has 0 spiro atoms. The van der Waals surface area contributed by atoms with E-state index in [9.17, 15) is 8.78 Å². The molecule has 114 valence electrons. The number of aromatic nitrogens is 1. The first kappa shape index (κ1) is 15.9. The van der Waals surface area contributed by atoms with E-state index in [4.69, 9.17) is 0 Å². The third kappa shape index (κ3) is 4.75. The number of nitrogens with one attached hydrogen (secondary N) is 1. The standard InChI is InChI=1S/C15H18F2N2OS/c1-3-18-13(8-14-19-10(2)9-21-14)11-5-4-6-12(7-11)20-15(16)17/h4-7,9,13,15,18H,3,8H2,1-2H3. The molecule has 0 aliphatic heterocycles. The van der Waals surface area contributed by atoms with Gasteiger partial charge in [-0.3, -0.25) is 0 Å². The van der Waals surface area contributed by atoms with E-state index >= 15 is 0 Å². The zero-order valence-electron chi connectivity index (χ0n) is 12.0. The molecule has 21 heavy (non-hydrogen) atoms. The molecule has 0 radical (unpaired) electrons. The Labute approximate surface area is 127 Å². The molecule has 1 atom stereocenters. The minimum atomic E-state index is -2.81. The van der Waals surface area contributed by atoms with Crippen molar-refractivity contribution in [2.75, 3.05) is 6.54 Å². The number of rotatable bonds is 7. The number of likely N-dealkylation sites (N-methyl/N-ethyl adjacent to an activating group) is 1. The van der Waals surface area contributed by atoms with Gasteiger partial charge in [-0.1, -0.05) is 19.1 Å². The van der Waals surface area contributed by atoms with E-state index in [1.807, 2.05) is 25.3 Å². The summed E-state index contributed by atoms with van der Waals surface area (Å²) in [5, 5.41) is 6.40. The van der Waals surface area contributed by atoms with E-state index in [1.54, 1.807) is 23.5 Å². The maximum Gasteiger partial charge on any atom is 0.387 e. The smallest absolute Gasteiger partial charge is 0.387 e. The van der Waals surface area contributed by atoms with Crippen LogP contribution in [0, 0.1) is 6.92 Å². The van der Waals surface area contributed by atoms with Gasteiger partial charge >= 0.3 is 6.61 Å². The number of hydrogen-bond acceptors (Lipinski definition) is 4. The highest BCUT2D eigenvalue weighted by Gasteiger charge is 2.15.